The van der Waals surface area contributed by atoms with Gasteiger partial charge in [0.15, 0.2) is 0 Å². The summed E-state index contributed by atoms with van der Waals surface area (Å²) in [6, 6.07) is 7.00. The van der Waals surface area contributed by atoms with Crippen LogP contribution in [0.3, 0.4) is 0 Å². The van der Waals surface area contributed by atoms with Gasteiger partial charge in [0, 0.05) is 36.3 Å². The maximum absolute atomic E-state index is 12.4. The Balaban J connectivity index is 1.82. The predicted molar refractivity (Wildman–Crippen MR) is 87.2 cm³/mol. The van der Waals surface area contributed by atoms with Crippen molar-refractivity contribution >= 4 is 23.5 Å². The van der Waals surface area contributed by atoms with E-state index in [1.165, 1.54) is 0 Å². The molecular formula is C16H22ClN3O2. The molecule has 0 bridgehead atoms. The van der Waals surface area contributed by atoms with Crippen LogP contribution in [0.25, 0.3) is 0 Å². The molecule has 5 nitrogen and oxygen atoms in total. The Bertz CT molecular complexity index is 528. The van der Waals surface area contributed by atoms with Gasteiger partial charge in [0.2, 0.25) is 0 Å². The van der Waals surface area contributed by atoms with Gasteiger partial charge in [0.05, 0.1) is 0 Å². The van der Waals surface area contributed by atoms with Crippen molar-refractivity contribution in [3.8, 4) is 0 Å². The lowest BCUT2D eigenvalue weighted by atomic mass is 10.0. The van der Waals surface area contributed by atoms with Gasteiger partial charge in [0.25, 0.3) is 5.91 Å². The summed E-state index contributed by atoms with van der Waals surface area (Å²) in [5.41, 5.74) is 0.611. The summed E-state index contributed by atoms with van der Waals surface area (Å²) in [5.74, 6) is -0.00335. The molecule has 0 saturated carbocycles. The van der Waals surface area contributed by atoms with Gasteiger partial charge >= 0.3 is 6.03 Å². The molecule has 1 heterocycles. The standard InChI is InChI=1S/C16H22ClN3O2/c1-2-8-18-16(22)19-14-6-9-20(10-7-14)15(21)12-4-3-5-13(17)11-12/h3-5,11,14H,2,6-10H2,1H3,(H2,18,19,22). The molecule has 120 valence electrons. The SMILES string of the molecule is CCCNC(=O)NC1CCN(C(=O)c2cccc(Cl)c2)CC1. The zero-order valence-corrected chi connectivity index (χ0v) is 13.5. The fraction of sp³-hybridized carbons (Fsp3) is 0.500. The Kier molecular flexibility index (Phi) is 6.07. The van der Waals surface area contributed by atoms with Crippen LogP contribution in [0.1, 0.15) is 36.5 Å². The molecule has 2 N–H and O–H groups in total. The molecule has 0 aliphatic carbocycles. The highest BCUT2D eigenvalue weighted by molar-refractivity contribution is 6.30. The number of piperidine rings is 1. The first-order valence-corrected chi connectivity index (χ1v) is 8.07. The number of benzene rings is 1. The summed E-state index contributed by atoms with van der Waals surface area (Å²) >= 11 is 5.92. The van der Waals surface area contributed by atoms with Crippen LogP contribution in [0.2, 0.25) is 5.02 Å². The number of amides is 3. The quantitative estimate of drug-likeness (QED) is 0.895. The minimum atomic E-state index is -0.124. The molecule has 0 radical (unpaired) electrons. The second kappa shape index (κ2) is 8.03. The van der Waals surface area contributed by atoms with E-state index in [9.17, 15) is 9.59 Å². The topological polar surface area (TPSA) is 61.4 Å². The van der Waals surface area contributed by atoms with E-state index in [0.29, 0.717) is 30.2 Å². The molecule has 0 atom stereocenters. The van der Waals surface area contributed by atoms with Gasteiger partial charge in [-0.1, -0.05) is 24.6 Å². The Labute approximate surface area is 136 Å². The van der Waals surface area contributed by atoms with Crippen molar-refractivity contribution in [1.29, 1.82) is 0 Å². The van der Waals surface area contributed by atoms with E-state index in [4.69, 9.17) is 11.6 Å². The van der Waals surface area contributed by atoms with Crippen LogP contribution in [-0.4, -0.2) is 42.5 Å². The molecule has 3 amide bonds. The lowest BCUT2D eigenvalue weighted by Gasteiger charge is -2.32. The highest BCUT2D eigenvalue weighted by atomic mass is 35.5. The molecule has 1 aromatic rings. The van der Waals surface area contributed by atoms with Gasteiger partial charge in [-0.2, -0.15) is 0 Å². The maximum atomic E-state index is 12.4. The second-order valence-corrected chi connectivity index (χ2v) is 5.91. The van der Waals surface area contributed by atoms with Crippen molar-refractivity contribution in [1.82, 2.24) is 15.5 Å². The third-order valence-electron chi connectivity index (χ3n) is 3.72. The number of nitrogens with zero attached hydrogens (tertiary/aromatic N) is 1. The summed E-state index contributed by atoms with van der Waals surface area (Å²) in [6.07, 6.45) is 2.46. The van der Waals surface area contributed by atoms with Gasteiger partial charge in [0.1, 0.15) is 0 Å². The number of rotatable bonds is 4. The van der Waals surface area contributed by atoms with Crippen molar-refractivity contribution in [2.45, 2.75) is 32.2 Å². The molecule has 1 aliphatic rings. The number of carbonyl (C=O) groups excluding carboxylic acids is 2. The average Bonchev–Trinajstić information content (AvgIpc) is 2.53. The van der Waals surface area contributed by atoms with E-state index >= 15 is 0 Å². The van der Waals surface area contributed by atoms with Crippen LogP contribution in [0.4, 0.5) is 4.79 Å². The monoisotopic (exact) mass is 323 g/mol. The lowest BCUT2D eigenvalue weighted by molar-refractivity contribution is 0.0708. The molecule has 1 fully saturated rings. The molecule has 0 spiro atoms. The Morgan fingerprint density at radius 2 is 2.05 bits per heavy atom. The fourth-order valence-electron chi connectivity index (χ4n) is 2.51. The molecule has 6 heteroatoms. The highest BCUT2D eigenvalue weighted by Crippen LogP contribution is 2.16. The van der Waals surface area contributed by atoms with Gasteiger partial charge in [-0.3, -0.25) is 4.79 Å². The Hall–Kier alpha value is -1.75. The Morgan fingerprint density at radius 1 is 1.32 bits per heavy atom. The summed E-state index contributed by atoms with van der Waals surface area (Å²) < 4.78 is 0. The first kappa shape index (κ1) is 16.6. The largest absolute Gasteiger partial charge is 0.338 e. The normalized spacial score (nSPS) is 15.5. The predicted octanol–water partition coefficient (Wildman–Crippen LogP) is 2.65. The molecule has 1 aliphatic heterocycles. The van der Waals surface area contributed by atoms with E-state index in [1.807, 2.05) is 11.8 Å². The minimum Gasteiger partial charge on any atom is -0.338 e. The van der Waals surface area contributed by atoms with E-state index in [1.54, 1.807) is 24.3 Å². The van der Waals surface area contributed by atoms with Crippen LogP contribution in [0.15, 0.2) is 24.3 Å². The van der Waals surface area contributed by atoms with Crippen molar-refractivity contribution in [2.24, 2.45) is 0 Å². The van der Waals surface area contributed by atoms with Gasteiger partial charge in [-0.25, -0.2) is 4.79 Å². The minimum absolute atomic E-state index is 0.00335. The van der Waals surface area contributed by atoms with Crippen molar-refractivity contribution in [3.63, 3.8) is 0 Å². The van der Waals surface area contributed by atoms with Crippen LogP contribution in [0, 0.1) is 0 Å². The molecule has 1 saturated heterocycles. The molecule has 2 rings (SSSR count). The number of hydrogen-bond donors (Lipinski definition) is 2. The second-order valence-electron chi connectivity index (χ2n) is 5.48. The van der Waals surface area contributed by atoms with E-state index in [0.717, 1.165) is 19.3 Å². The molecule has 22 heavy (non-hydrogen) atoms. The van der Waals surface area contributed by atoms with Crippen LogP contribution in [-0.2, 0) is 0 Å². The fourth-order valence-corrected chi connectivity index (χ4v) is 2.70. The van der Waals surface area contributed by atoms with Crippen molar-refractivity contribution < 1.29 is 9.59 Å². The van der Waals surface area contributed by atoms with E-state index in [2.05, 4.69) is 10.6 Å². The molecule has 0 aromatic heterocycles. The van der Waals surface area contributed by atoms with Crippen LogP contribution in [0.5, 0.6) is 0 Å². The number of carbonyl (C=O) groups is 2. The molecule has 1 aromatic carbocycles. The highest BCUT2D eigenvalue weighted by Gasteiger charge is 2.24. The molecular weight excluding hydrogens is 302 g/mol. The maximum Gasteiger partial charge on any atom is 0.315 e. The zero-order chi connectivity index (χ0) is 15.9. The van der Waals surface area contributed by atoms with Gasteiger partial charge in [-0.15, -0.1) is 0 Å². The number of hydrogen-bond acceptors (Lipinski definition) is 2. The van der Waals surface area contributed by atoms with Gasteiger partial charge < -0.3 is 15.5 Å². The van der Waals surface area contributed by atoms with Crippen LogP contribution >= 0.6 is 11.6 Å². The smallest absolute Gasteiger partial charge is 0.315 e. The third kappa shape index (κ3) is 4.63. The lowest BCUT2D eigenvalue weighted by Crippen LogP contribution is -2.49. The van der Waals surface area contributed by atoms with Gasteiger partial charge in [-0.05, 0) is 37.5 Å². The van der Waals surface area contributed by atoms with Crippen molar-refractivity contribution in [3.05, 3.63) is 34.9 Å². The summed E-state index contributed by atoms with van der Waals surface area (Å²) in [5, 5.41) is 6.32. The Morgan fingerprint density at radius 3 is 2.68 bits per heavy atom. The number of likely N-dealkylation sites (tertiary alicyclic amines) is 1. The average molecular weight is 324 g/mol. The number of urea groups is 1. The summed E-state index contributed by atoms with van der Waals surface area (Å²) in [6.45, 7) is 3.98. The summed E-state index contributed by atoms with van der Waals surface area (Å²) in [7, 11) is 0. The first-order chi connectivity index (χ1) is 10.6. The van der Waals surface area contributed by atoms with Crippen molar-refractivity contribution in [2.75, 3.05) is 19.6 Å². The zero-order valence-electron chi connectivity index (χ0n) is 12.8. The number of halogens is 1. The van der Waals surface area contributed by atoms with E-state index in [-0.39, 0.29) is 18.0 Å². The number of nitrogens with one attached hydrogen (secondary N) is 2. The molecule has 0 unspecified atom stereocenters. The third-order valence-corrected chi connectivity index (χ3v) is 3.96. The first-order valence-electron chi connectivity index (χ1n) is 7.69. The van der Waals surface area contributed by atoms with Crippen LogP contribution < -0.4 is 10.6 Å². The van der Waals surface area contributed by atoms with E-state index < -0.39 is 0 Å². The summed E-state index contributed by atoms with van der Waals surface area (Å²) in [4.78, 5) is 25.8.